The number of carbonyl (C=O) groups excluding carboxylic acids is 1. The summed E-state index contributed by atoms with van der Waals surface area (Å²) in [5.41, 5.74) is 1.62. The van der Waals surface area contributed by atoms with Crippen LogP contribution in [-0.2, 0) is 24.1 Å². The van der Waals surface area contributed by atoms with E-state index >= 15 is 0 Å². The van der Waals surface area contributed by atoms with Gasteiger partial charge < -0.3 is 14.7 Å². The van der Waals surface area contributed by atoms with Gasteiger partial charge in [0.25, 0.3) is 5.78 Å². The molecule has 3 aromatic rings. The van der Waals surface area contributed by atoms with Gasteiger partial charge in [0.1, 0.15) is 17.8 Å². The Balaban J connectivity index is 1.12. The molecule has 1 amide bonds. The Morgan fingerprint density at radius 1 is 1.15 bits per heavy atom. The van der Waals surface area contributed by atoms with E-state index in [1.165, 1.54) is 6.20 Å². The molecule has 3 aromatic heterocycles. The fourth-order valence-corrected chi connectivity index (χ4v) is 4.72. The van der Waals surface area contributed by atoms with Gasteiger partial charge in [-0.15, -0.1) is 10.2 Å². The van der Waals surface area contributed by atoms with Crippen LogP contribution in [0, 0.1) is 5.92 Å². The average Bonchev–Trinajstić information content (AvgIpc) is 3.35. The van der Waals surface area contributed by atoms with Gasteiger partial charge in [-0.25, -0.2) is 0 Å². The van der Waals surface area contributed by atoms with Crippen molar-refractivity contribution in [3.63, 3.8) is 0 Å². The standard InChI is InChI=1S/C21H21F3N8O/c22-21(23,24)17-7-14(2-3-25-17)30-8-13(9-30)6-18(33)31-10-15-16(11-31)32-12-26-28-20(32)27-19(15)29-4-1-5-29/h2-3,7,12-13H,1,4-6,8-11H2. The first kappa shape index (κ1) is 20.2. The van der Waals surface area contributed by atoms with E-state index in [0.29, 0.717) is 44.1 Å². The molecule has 0 unspecified atom stereocenters. The van der Waals surface area contributed by atoms with Gasteiger partial charge in [-0.1, -0.05) is 0 Å². The van der Waals surface area contributed by atoms with Crippen molar-refractivity contribution in [1.82, 2.24) is 29.5 Å². The van der Waals surface area contributed by atoms with Gasteiger partial charge in [-0.3, -0.25) is 14.2 Å². The fourth-order valence-electron chi connectivity index (χ4n) is 4.72. The van der Waals surface area contributed by atoms with Crippen molar-refractivity contribution in [2.75, 3.05) is 36.0 Å². The highest BCUT2D eigenvalue weighted by molar-refractivity contribution is 5.78. The third kappa shape index (κ3) is 3.44. The number of amides is 1. The smallest absolute Gasteiger partial charge is 0.371 e. The first-order valence-corrected chi connectivity index (χ1v) is 10.9. The Morgan fingerprint density at radius 2 is 1.97 bits per heavy atom. The highest BCUT2D eigenvalue weighted by Gasteiger charge is 2.37. The molecular formula is C21H21F3N8O. The fraction of sp³-hybridized carbons (Fsp3) is 0.476. The van der Waals surface area contributed by atoms with Crippen LogP contribution in [0.15, 0.2) is 24.7 Å². The van der Waals surface area contributed by atoms with Crippen LogP contribution in [0.5, 0.6) is 0 Å². The number of aromatic nitrogens is 5. The molecule has 6 rings (SSSR count). The van der Waals surface area contributed by atoms with E-state index in [-0.39, 0.29) is 11.8 Å². The number of carbonyl (C=O) groups is 1. The van der Waals surface area contributed by atoms with Gasteiger partial charge in [0, 0.05) is 56.0 Å². The maximum Gasteiger partial charge on any atom is 0.433 e. The first-order chi connectivity index (χ1) is 15.9. The zero-order chi connectivity index (χ0) is 22.7. The molecule has 0 bridgehead atoms. The zero-order valence-electron chi connectivity index (χ0n) is 17.7. The van der Waals surface area contributed by atoms with Crippen molar-refractivity contribution in [2.45, 2.75) is 32.1 Å². The molecule has 0 spiro atoms. The van der Waals surface area contributed by atoms with Crippen LogP contribution in [0.1, 0.15) is 29.8 Å². The normalized spacial score (nSPS) is 18.5. The molecule has 2 saturated heterocycles. The predicted octanol–water partition coefficient (Wildman–Crippen LogP) is 2.12. The van der Waals surface area contributed by atoms with Crippen LogP contribution in [-0.4, -0.2) is 61.6 Å². The van der Waals surface area contributed by atoms with Gasteiger partial charge >= 0.3 is 6.18 Å². The number of rotatable bonds is 4. The molecule has 12 heteroatoms. The monoisotopic (exact) mass is 458 g/mol. The molecule has 33 heavy (non-hydrogen) atoms. The Morgan fingerprint density at radius 3 is 2.70 bits per heavy atom. The summed E-state index contributed by atoms with van der Waals surface area (Å²) in [4.78, 5) is 27.0. The highest BCUT2D eigenvalue weighted by Crippen LogP contribution is 2.35. The molecule has 0 N–H and O–H groups in total. The molecule has 0 aliphatic carbocycles. The van der Waals surface area contributed by atoms with Crippen molar-refractivity contribution >= 4 is 23.2 Å². The van der Waals surface area contributed by atoms with Gasteiger partial charge in [0.15, 0.2) is 0 Å². The van der Waals surface area contributed by atoms with Crippen LogP contribution < -0.4 is 9.80 Å². The molecule has 3 aliphatic heterocycles. The van der Waals surface area contributed by atoms with E-state index in [1.807, 2.05) is 14.2 Å². The van der Waals surface area contributed by atoms with Crippen molar-refractivity contribution in [3.05, 3.63) is 41.6 Å². The van der Waals surface area contributed by atoms with Crippen LogP contribution in [0.4, 0.5) is 24.7 Å². The number of alkyl halides is 3. The maximum atomic E-state index is 13.1. The highest BCUT2D eigenvalue weighted by atomic mass is 19.4. The Labute approximate surface area is 186 Å². The number of hydrogen-bond donors (Lipinski definition) is 0. The van der Waals surface area contributed by atoms with E-state index in [4.69, 9.17) is 0 Å². The summed E-state index contributed by atoms with van der Waals surface area (Å²) < 4.78 is 40.6. The molecule has 0 radical (unpaired) electrons. The van der Waals surface area contributed by atoms with Crippen molar-refractivity contribution < 1.29 is 18.0 Å². The molecule has 0 aromatic carbocycles. The van der Waals surface area contributed by atoms with E-state index in [0.717, 1.165) is 42.7 Å². The lowest BCUT2D eigenvalue weighted by Gasteiger charge is -2.41. The molecule has 0 atom stereocenters. The van der Waals surface area contributed by atoms with E-state index in [9.17, 15) is 18.0 Å². The molecule has 6 heterocycles. The second-order valence-corrected chi connectivity index (χ2v) is 8.82. The van der Waals surface area contributed by atoms with Crippen molar-refractivity contribution in [1.29, 1.82) is 0 Å². The number of nitrogens with zero attached hydrogens (tertiary/aromatic N) is 8. The summed E-state index contributed by atoms with van der Waals surface area (Å²) >= 11 is 0. The number of halogens is 3. The quantitative estimate of drug-likeness (QED) is 0.592. The largest absolute Gasteiger partial charge is 0.433 e. The minimum absolute atomic E-state index is 0.0392. The minimum Gasteiger partial charge on any atom is -0.371 e. The Hall–Kier alpha value is -3.44. The average molecular weight is 458 g/mol. The van der Waals surface area contributed by atoms with Gasteiger partial charge in [-0.05, 0) is 18.6 Å². The van der Waals surface area contributed by atoms with Crippen LogP contribution >= 0.6 is 0 Å². The van der Waals surface area contributed by atoms with Crippen molar-refractivity contribution in [3.8, 4) is 0 Å². The summed E-state index contributed by atoms with van der Waals surface area (Å²) in [6, 6.07) is 2.63. The van der Waals surface area contributed by atoms with Crippen LogP contribution in [0.25, 0.3) is 5.78 Å². The predicted molar refractivity (Wildman–Crippen MR) is 111 cm³/mol. The summed E-state index contributed by atoms with van der Waals surface area (Å²) in [6.45, 7) is 3.95. The van der Waals surface area contributed by atoms with E-state index in [1.54, 1.807) is 12.4 Å². The zero-order valence-corrected chi connectivity index (χ0v) is 17.7. The summed E-state index contributed by atoms with van der Waals surface area (Å²) in [5, 5.41) is 8.06. The lowest BCUT2D eigenvalue weighted by atomic mass is 9.95. The molecule has 3 aliphatic rings. The third-order valence-corrected chi connectivity index (χ3v) is 6.66. The number of anilines is 2. The minimum atomic E-state index is -4.47. The molecular weight excluding hydrogens is 437 g/mol. The second-order valence-electron chi connectivity index (χ2n) is 8.82. The topological polar surface area (TPSA) is 82.8 Å². The van der Waals surface area contributed by atoms with Crippen LogP contribution in [0.2, 0.25) is 0 Å². The second kappa shape index (κ2) is 7.29. The number of hydrogen-bond acceptors (Lipinski definition) is 7. The maximum absolute atomic E-state index is 13.1. The van der Waals surface area contributed by atoms with Crippen molar-refractivity contribution in [2.24, 2.45) is 5.92 Å². The lowest BCUT2D eigenvalue weighted by molar-refractivity contribution is -0.141. The third-order valence-electron chi connectivity index (χ3n) is 6.66. The molecule has 0 saturated carbocycles. The van der Waals surface area contributed by atoms with Crippen LogP contribution in [0.3, 0.4) is 0 Å². The summed E-state index contributed by atoms with van der Waals surface area (Å²) in [5.74, 6) is 1.57. The van der Waals surface area contributed by atoms with Gasteiger partial charge in [0.05, 0.1) is 18.8 Å². The van der Waals surface area contributed by atoms with E-state index < -0.39 is 11.9 Å². The molecule has 9 nitrogen and oxygen atoms in total. The van der Waals surface area contributed by atoms with Gasteiger partial charge in [0.2, 0.25) is 5.91 Å². The number of pyridine rings is 1. The Bertz CT molecular complexity index is 1230. The Kier molecular flexibility index (Phi) is 4.46. The lowest BCUT2D eigenvalue weighted by Crippen LogP contribution is -2.48. The SMILES string of the molecule is O=C(CC1CN(c2ccnc(C(F)(F)F)c2)C1)N1Cc2c(N3CCC3)nc3nncn3c2C1. The van der Waals surface area contributed by atoms with Gasteiger partial charge in [-0.2, -0.15) is 18.2 Å². The molecule has 2 fully saturated rings. The molecule has 172 valence electrons. The summed E-state index contributed by atoms with van der Waals surface area (Å²) in [6.07, 6.45) is -0.187. The van der Waals surface area contributed by atoms with E-state index in [2.05, 4.69) is 25.1 Å². The summed E-state index contributed by atoms with van der Waals surface area (Å²) in [7, 11) is 0. The number of fused-ring (bicyclic) bond motifs is 3. The first-order valence-electron chi connectivity index (χ1n) is 10.9.